The van der Waals surface area contributed by atoms with Crippen molar-refractivity contribution in [2.45, 2.75) is 0 Å². The van der Waals surface area contributed by atoms with Crippen molar-refractivity contribution in [3.63, 3.8) is 0 Å². The molecule has 1 heterocycles. The summed E-state index contributed by atoms with van der Waals surface area (Å²) in [6.07, 6.45) is 0. The molecule has 0 bridgehead atoms. The van der Waals surface area contributed by atoms with Crippen LogP contribution in [0, 0.1) is 0 Å². The zero-order valence-electron chi connectivity index (χ0n) is 15.2. The molecule has 0 unspecified atom stereocenters. The van der Waals surface area contributed by atoms with Gasteiger partial charge in [0.05, 0.1) is 5.75 Å². The number of amides is 2. The molecule has 0 spiro atoms. The highest BCUT2D eigenvalue weighted by atomic mass is 32.2. The Morgan fingerprint density at radius 2 is 1.79 bits per heavy atom. The molecule has 0 saturated carbocycles. The fraction of sp³-hybridized carbons (Fsp3) is 0.214. The second kappa shape index (κ2) is 14.0. The van der Waals surface area contributed by atoms with E-state index in [1.54, 1.807) is 29.2 Å². The Hall–Kier alpha value is -2.10. The highest BCUT2D eigenvalue weighted by Crippen LogP contribution is 2.14. The number of thioether (sulfide) groups is 1. The van der Waals surface area contributed by atoms with Crippen molar-refractivity contribution in [2.75, 3.05) is 19.8 Å². The first-order valence-corrected chi connectivity index (χ1v) is 9.64. The van der Waals surface area contributed by atoms with Gasteiger partial charge in [-0.1, -0.05) is 42.2 Å². The molecule has 1 aliphatic heterocycles. The maximum absolute atomic E-state index is 11.3. The Balaban J connectivity index is 0.000000419. The normalized spacial score (nSPS) is 11.9. The molecule has 1 aromatic rings. The first-order chi connectivity index (χ1) is 13.1. The molecule has 1 aliphatic rings. The van der Waals surface area contributed by atoms with E-state index in [1.165, 1.54) is 11.8 Å². The Bertz CT molecular complexity index is 686. The lowest BCUT2D eigenvalue weighted by Gasteiger charge is -2.10. The van der Waals surface area contributed by atoms with E-state index >= 15 is 0 Å². The van der Waals surface area contributed by atoms with Gasteiger partial charge in [0.2, 0.25) is 0 Å². The Morgan fingerprint density at radius 3 is 2.07 bits per heavy atom. The highest BCUT2D eigenvalue weighted by Gasteiger charge is 2.22. The van der Waals surface area contributed by atoms with Gasteiger partial charge < -0.3 is 16.1 Å². The summed E-state index contributed by atoms with van der Waals surface area (Å²) in [5.41, 5.74) is 12.7. The third-order valence-electron chi connectivity index (χ3n) is 2.65. The molecule has 28 heavy (non-hydrogen) atoms. The number of nitrogens with two attached hydrogens (primary N) is 3. The topological polar surface area (TPSA) is 155 Å². The van der Waals surface area contributed by atoms with Gasteiger partial charge in [0, 0.05) is 19.7 Å². The maximum atomic E-state index is 11.3. The van der Waals surface area contributed by atoms with Crippen molar-refractivity contribution >= 4 is 74.8 Å². The molecule has 1 fully saturated rings. The Labute approximate surface area is 183 Å². The number of hydrogen-bond acceptors (Lipinski definition) is 8. The van der Waals surface area contributed by atoms with Gasteiger partial charge >= 0.3 is 0 Å². The predicted octanol–water partition coefficient (Wildman–Crippen LogP) is -0.819. The van der Waals surface area contributed by atoms with Gasteiger partial charge in [0.25, 0.3) is 11.8 Å². The van der Waals surface area contributed by atoms with E-state index in [-0.39, 0.29) is 16.9 Å². The maximum Gasteiger partial charge on any atom is 0.269 e. The smallest absolute Gasteiger partial charge is 0.269 e. The van der Waals surface area contributed by atoms with E-state index in [2.05, 4.69) is 52.9 Å². The second-order valence-corrected chi connectivity index (χ2v) is 7.41. The van der Waals surface area contributed by atoms with Gasteiger partial charge in [-0.05, 0) is 36.6 Å². The van der Waals surface area contributed by atoms with Crippen LogP contribution in [0.2, 0.25) is 0 Å². The lowest BCUT2D eigenvalue weighted by molar-refractivity contribution is -0.124. The molecule has 0 aromatic heterocycles. The van der Waals surface area contributed by atoms with Crippen LogP contribution in [0.25, 0.3) is 0 Å². The Morgan fingerprint density at radius 1 is 1.21 bits per heavy atom. The number of hydrogen-bond donors (Lipinski definition) is 6. The number of nitrogens with zero attached hydrogens (tertiary/aromatic N) is 2. The van der Waals surface area contributed by atoms with Crippen LogP contribution in [-0.4, -0.2) is 56.1 Å². The van der Waals surface area contributed by atoms with Crippen molar-refractivity contribution in [3.05, 3.63) is 35.9 Å². The number of carbonyl (C=O) groups excluding carboxylic acids is 2. The minimum absolute atomic E-state index is 0.0317. The average molecular weight is 463 g/mol. The van der Waals surface area contributed by atoms with Crippen LogP contribution in [0.15, 0.2) is 30.3 Å². The minimum Gasteiger partial charge on any atom is -0.375 e. The van der Waals surface area contributed by atoms with Crippen LogP contribution in [0.5, 0.6) is 0 Å². The van der Waals surface area contributed by atoms with Gasteiger partial charge in [0.15, 0.2) is 14.5 Å². The first-order valence-electron chi connectivity index (χ1n) is 7.43. The molecule has 154 valence electrons. The summed E-state index contributed by atoms with van der Waals surface area (Å²) < 4.78 is 0.468. The second-order valence-electron chi connectivity index (χ2n) is 4.97. The molecule has 9 N–H and O–H groups in total. The summed E-state index contributed by atoms with van der Waals surface area (Å²) in [5.74, 6) is 10.1. The Kier molecular flexibility index (Phi) is 12.9. The molecule has 0 radical (unpaired) electrons. The molecule has 2 rings (SSSR count). The van der Waals surface area contributed by atoms with Crippen molar-refractivity contribution in [3.8, 4) is 0 Å². The fourth-order valence-corrected chi connectivity index (χ4v) is 2.23. The molecule has 1 aromatic carbocycles. The largest absolute Gasteiger partial charge is 0.375 e. The number of thiocarbonyl (C=S) groups is 3. The summed E-state index contributed by atoms with van der Waals surface area (Å²) in [4.78, 5) is 23.5. The summed E-state index contributed by atoms with van der Waals surface area (Å²) >= 11 is 15.1. The summed E-state index contributed by atoms with van der Waals surface area (Å²) in [6, 6.07) is 8.76. The molecule has 0 atom stereocenters. The van der Waals surface area contributed by atoms with E-state index < -0.39 is 0 Å². The average Bonchev–Trinajstić information content (AvgIpc) is 2.97. The summed E-state index contributed by atoms with van der Waals surface area (Å²) in [5, 5.41) is 1.57. The molecule has 2 amide bonds. The molecule has 1 saturated heterocycles. The SMILES string of the molecule is CN(C)C(=S)NN.NC(=S)NNC(=O)c1ccccc1.NN1C(=O)CSC1=S. The van der Waals surface area contributed by atoms with Crippen molar-refractivity contribution in [1.29, 1.82) is 0 Å². The predicted molar refractivity (Wildman–Crippen MR) is 124 cm³/mol. The number of rotatable bonds is 1. The van der Waals surface area contributed by atoms with E-state index in [0.717, 1.165) is 5.01 Å². The molecule has 14 heteroatoms. The minimum atomic E-state index is -0.270. The molecule has 0 aliphatic carbocycles. The van der Waals surface area contributed by atoms with Gasteiger partial charge in [-0.15, -0.1) is 0 Å². The lowest BCUT2D eigenvalue weighted by atomic mass is 10.2. The van der Waals surface area contributed by atoms with Crippen molar-refractivity contribution in [2.24, 2.45) is 17.4 Å². The van der Waals surface area contributed by atoms with E-state index in [9.17, 15) is 9.59 Å². The van der Waals surface area contributed by atoms with Crippen LogP contribution in [0.1, 0.15) is 10.4 Å². The third-order valence-corrected chi connectivity index (χ3v) is 4.62. The standard InChI is InChI=1S/C8H9N3OS.C3H9N3S.C3H4N2OS2/c9-8(13)11-10-7(12)6-4-2-1-3-5-6;1-6(2)3(7)5-4;4-5-2(6)1-8-3(5)7/h1-5H,(H,10,12)(H3,9,11,13);4H2,1-2H3,(H,5,7);1,4H2. The van der Waals surface area contributed by atoms with E-state index in [4.69, 9.17) is 17.4 Å². The number of carbonyl (C=O) groups is 2. The van der Waals surface area contributed by atoms with Gasteiger partial charge in [-0.25, -0.2) is 16.7 Å². The number of benzene rings is 1. The molecule has 10 nitrogen and oxygen atoms in total. The number of hydrazine groups is 3. The van der Waals surface area contributed by atoms with Crippen LogP contribution in [-0.2, 0) is 4.79 Å². The lowest BCUT2D eigenvalue weighted by Crippen LogP contribution is -2.44. The molecular weight excluding hydrogens is 440 g/mol. The van der Waals surface area contributed by atoms with Crippen LogP contribution >= 0.6 is 48.4 Å². The highest BCUT2D eigenvalue weighted by molar-refractivity contribution is 8.23. The zero-order chi connectivity index (χ0) is 21.7. The van der Waals surface area contributed by atoms with Gasteiger partial charge in [0.1, 0.15) is 0 Å². The van der Waals surface area contributed by atoms with E-state index in [1.807, 2.05) is 20.2 Å². The fourth-order valence-electron chi connectivity index (χ4n) is 1.27. The van der Waals surface area contributed by atoms with Crippen molar-refractivity contribution < 1.29 is 9.59 Å². The van der Waals surface area contributed by atoms with Crippen molar-refractivity contribution in [1.82, 2.24) is 26.2 Å². The van der Waals surface area contributed by atoms with Gasteiger partial charge in [-0.3, -0.25) is 20.4 Å². The van der Waals surface area contributed by atoms with E-state index in [0.29, 0.717) is 20.7 Å². The molecular formula is C14H22N8O2S4. The van der Waals surface area contributed by atoms with Crippen LogP contribution in [0.4, 0.5) is 0 Å². The number of nitrogens with one attached hydrogen (secondary N) is 3. The first kappa shape index (κ1) is 25.9. The quantitative estimate of drug-likeness (QED) is 0.134. The third kappa shape index (κ3) is 10.9. The summed E-state index contributed by atoms with van der Waals surface area (Å²) in [6.45, 7) is 0. The van der Waals surface area contributed by atoms with Crippen LogP contribution in [0.3, 0.4) is 0 Å². The van der Waals surface area contributed by atoms with Gasteiger partial charge in [-0.2, -0.15) is 0 Å². The zero-order valence-corrected chi connectivity index (χ0v) is 18.4. The summed E-state index contributed by atoms with van der Waals surface area (Å²) in [7, 11) is 3.64. The monoisotopic (exact) mass is 462 g/mol. The van der Waals surface area contributed by atoms with Crippen LogP contribution < -0.4 is 33.7 Å².